The number of amides is 2. The molecule has 0 spiro atoms. The van der Waals surface area contributed by atoms with Crippen LogP contribution < -0.4 is 10.6 Å². The van der Waals surface area contributed by atoms with E-state index in [0.29, 0.717) is 16.8 Å². The molecule has 1 aliphatic heterocycles. The van der Waals surface area contributed by atoms with E-state index in [1.807, 2.05) is 7.05 Å². The molecule has 7 heteroatoms. The van der Waals surface area contributed by atoms with Crippen LogP contribution in [0, 0.1) is 0 Å². The summed E-state index contributed by atoms with van der Waals surface area (Å²) in [7, 11) is 1.85. The third-order valence-electron chi connectivity index (χ3n) is 4.33. The van der Waals surface area contributed by atoms with E-state index in [1.54, 1.807) is 35.4 Å². The maximum absolute atomic E-state index is 12.6. The van der Waals surface area contributed by atoms with Gasteiger partial charge in [0.1, 0.15) is 0 Å². The Bertz CT molecular complexity index is 690. The SMILES string of the molecule is CN(C(=O)c1ccc(C(=O)Nc2cn[nH]c2)cc1)C1CCNCC1. The Kier molecular flexibility index (Phi) is 4.90. The number of rotatable bonds is 4. The summed E-state index contributed by atoms with van der Waals surface area (Å²) < 4.78 is 0. The van der Waals surface area contributed by atoms with Crippen molar-refractivity contribution in [3.8, 4) is 0 Å². The highest BCUT2D eigenvalue weighted by Crippen LogP contribution is 2.15. The molecular weight excluding hydrogens is 306 g/mol. The summed E-state index contributed by atoms with van der Waals surface area (Å²) >= 11 is 0. The monoisotopic (exact) mass is 327 g/mol. The standard InChI is InChI=1S/C17H21N5O2/c1-22(15-6-8-18-9-7-15)17(24)13-4-2-12(3-5-13)16(23)21-14-10-19-20-11-14/h2-5,10-11,15,18H,6-9H2,1H3,(H,19,20)(H,21,23). The molecule has 126 valence electrons. The van der Waals surface area contributed by atoms with Crippen molar-refractivity contribution in [2.75, 3.05) is 25.5 Å². The number of piperidine rings is 1. The van der Waals surface area contributed by atoms with Crippen molar-refractivity contribution in [1.82, 2.24) is 20.4 Å². The summed E-state index contributed by atoms with van der Waals surface area (Å²) in [5.74, 6) is -0.245. The topological polar surface area (TPSA) is 90.1 Å². The maximum atomic E-state index is 12.6. The number of hydrogen-bond acceptors (Lipinski definition) is 4. The first-order chi connectivity index (χ1) is 11.6. The van der Waals surface area contributed by atoms with Gasteiger partial charge in [-0.15, -0.1) is 0 Å². The number of nitrogens with zero attached hydrogens (tertiary/aromatic N) is 2. The van der Waals surface area contributed by atoms with Crippen LogP contribution in [-0.4, -0.2) is 53.1 Å². The van der Waals surface area contributed by atoms with E-state index < -0.39 is 0 Å². The van der Waals surface area contributed by atoms with E-state index >= 15 is 0 Å². The lowest BCUT2D eigenvalue weighted by Gasteiger charge is -2.31. The van der Waals surface area contributed by atoms with Crippen molar-refractivity contribution < 1.29 is 9.59 Å². The zero-order valence-corrected chi connectivity index (χ0v) is 13.6. The third kappa shape index (κ3) is 3.62. The second-order valence-corrected chi connectivity index (χ2v) is 5.92. The van der Waals surface area contributed by atoms with Crippen molar-refractivity contribution in [2.45, 2.75) is 18.9 Å². The molecule has 1 saturated heterocycles. The molecule has 2 aromatic rings. The number of aromatic nitrogens is 2. The number of carbonyl (C=O) groups is 2. The minimum absolute atomic E-state index is 0.0105. The molecule has 1 aliphatic rings. The van der Waals surface area contributed by atoms with Crippen molar-refractivity contribution in [3.05, 3.63) is 47.8 Å². The maximum Gasteiger partial charge on any atom is 0.255 e. The summed E-state index contributed by atoms with van der Waals surface area (Å²) in [5.41, 5.74) is 1.69. The third-order valence-corrected chi connectivity index (χ3v) is 4.33. The Morgan fingerprint density at radius 1 is 1.17 bits per heavy atom. The van der Waals surface area contributed by atoms with Gasteiger partial charge in [-0.25, -0.2) is 0 Å². The van der Waals surface area contributed by atoms with Crippen molar-refractivity contribution in [2.24, 2.45) is 0 Å². The van der Waals surface area contributed by atoms with Crippen LogP contribution >= 0.6 is 0 Å². The largest absolute Gasteiger partial charge is 0.339 e. The summed E-state index contributed by atoms with van der Waals surface area (Å²) in [6.07, 6.45) is 5.06. The first kappa shape index (κ1) is 16.2. The van der Waals surface area contributed by atoms with E-state index in [2.05, 4.69) is 20.8 Å². The fraction of sp³-hybridized carbons (Fsp3) is 0.353. The van der Waals surface area contributed by atoms with Gasteiger partial charge in [0.25, 0.3) is 11.8 Å². The van der Waals surface area contributed by atoms with Gasteiger partial charge in [-0.05, 0) is 50.2 Å². The first-order valence-corrected chi connectivity index (χ1v) is 8.03. The normalized spacial score (nSPS) is 15.0. The van der Waals surface area contributed by atoms with Crippen molar-refractivity contribution in [1.29, 1.82) is 0 Å². The zero-order valence-electron chi connectivity index (χ0n) is 13.6. The summed E-state index contributed by atoms with van der Waals surface area (Å²) in [6.45, 7) is 1.88. The summed E-state index contributed by atoms with van der Waals surface area (Å²) in [5, 5.41) is 12.4. The van der Waals surface area contributed by atoms with Gasteiger partial charge < -0.3 is 15.5 Å². The average Bonchev–Trinajstić information content (AvgIpc) is 3.14. The molecule has 1 aromatic heterocycles. The van der Waals surface area contributed by atoms with Gasteiger partial charge in [0.2, 0.25) is 0 Å². The molecule has 1 fully saturated rings. The number of H-pyrrole nitrogens is 1. The van der Waals surface area contributed by atoms with Gasteiger partial charge in [0.05, 0.1) is 11.9 Å². The second-order valence-electron chi connectivity index (χ2n) is 5.92. The number of carbonyl (C=O) groups excluding carboxylic acids is 2. The molecular formula is C17H21N5O2. The molecule has 0 aliphatic carbocycles. The lowest BCUT2D eigenvalue weighted by atomic mass is 10.0. The molecule has 0 radical (unpaired) electrons. The van der Waals surface area contributed by atoms with Crippen LogP contribution in [0.15, 0.2) is 36.7 Å². The van der Waals surface area contributed by atoms with E-state index in [4.69, 9.17) is 0 Å². The Labute approximate surface area is 140 Å². The van der Waals surface area contributed by atoms with E-state index in [0.717, 1.165) is 25.9 Å². The number of aromatic amines is 1. The van der Waals surface area contributed by atoms with Gasteiger partial charge in [-0.3, -0.25) is 14.7 Å². The summed E-state index contributed by atoms with van der Waals surface area (Å²) in [4.78, 5) is 26.5. The van der Waals surface area contributed by atoms with Gasteiger partial charge in [0, 0.05) is 30.4 Å². The van der Waals surface area contributed by atoms with Crippen molar-refractivity contribution in [3.63, 3.8) is 0 Å². The Morgan fingerprint density at radius 3 is 2.46 bits per heavy atom. The lowest BCUT2D eigenvalue weighted by molar-refractivity contribution is 0.0703. The van der Waals surface area contributed by atoms with E-state index in [9.17, 15) is 9.59 Å². The fourth-order valence-corrected chi connectivity index (χ4v) is 2.85. The lowest BCUT2D eigenvalue weighted by Crippen LogP contribution is -2.43. The predicted molar refractivity (Wildman–Crippen MR) is 91.0 cm³/mol. The summed E-state index contributed by atoms with van der Waals surface area (Å²) in [6, 6.07) is 6.99. The predicted octanol–water partition coefficient (Wildman–Crippen LogP) is 1.49. The van der Waals surface area contributed by atoms with Crippen molar-refractivity contribution >= 4 is 17.5 Å². The molecule has 0 atom stereocenters. The Morgan fingerprint density at radius 2 is 1.83 bits per heavy atom. The quantitative estimate of drug-likeness (QED) is 0.793. The Hall–Kier alpha value is -2.67. The minimum atomic E-state index is -0.234. The number of anilines is 1. The first-order valence-electron chi connectivity index (χ1n) is 8.03. The molecule has 0 unspecified atom stereocenters. The van der Waals surface area contributed by atoms with Gasteiger partial charge in [-0.1, -0.05) is 0 Å². The molecule has 3 rings (SSSR count). The van der Waals surface area contributed by atoms with Crippen LogP contribution in [0.25, 0.3) is 0 Å². The fourth-order valence-electron chi connectivity index (χ4n) is 2.85. The average molecular weight is 327 g/mol. The van der Waals surface area contributed by atoms with Crippen LogP contribution in [0.3, 0.4) is 0 Å². The molecule has 3 N–H and O–H groups in total. The van der Waals surface area contributed by atoms with Gasteiger partial charge in [-0.2, -0.15) is 5.10 Å². The highest BCUT2D eigenvalue weighted by Gasteiger charge is 2.22. The van der Waals surface area contributed by atoms with Crippen LogP contribution in [0.5, 0.6) is 0 Å². The van der Waals surface area contributed by atoms with Crippen LogP contribution in [0.2, 0.25) is 0 Å². The van der Waals surface area contributed by atoms with Crippen LogP contribution in [0.4, 0.5) is 5.69 Å². The van der Waals surface area contributed by atoms with Gasteiger partial charge in [0.15, 0.2) is 0 Å². The molecule has 0 saturated carbocycles. The molecule has 2 heterocycles. The molecule has 24 heavy (non-hydrogen) atoms. The van der Waals surface area contributed by atoms with Gasteiger partial charge >= 0.3 is 0 Å². The Balaban J connectivity index is 1.64. The van der Waals surface area contributed by atoms with Crippen LogP contribution in [0.1, 0.15) is 33.6 Å². The number of benzene rings is 1. The number of nitrogens with one attached hydrogen (secondary N) is 3. The highest BCUT2D eigenvalue weighted by atomic mass is 16.2. The zero-order chi connectivity index (χ0) is 16.9. The molecule has 2 amide bonds. The smallest absolute Gasteiger partial charge is 0.255 e. The van der Waals surface area contributed by atoms with Crippen LogP contribution in [-0.2, 0) is 0 Å². The van der Waals surface area contributed by atoms with E-state index in [1.165, 1.54) is 6.20 Å². The second kappa shape index (κ2) is 7.27. The molecule has 0 bridgehead atoms. The molecule has 7 nitrogen and oxygen atoms in total. The highest BCUT2D eigenvalue weighted by molar-refractivity contribution is 6.05. The molecule has 1 aromatic carbocycles. The van der Waals surface area contributed by atoms with E-state index in [-0.39, 0.29) is 17.9 Å². The number of hydrogen-bond donors (Lipinski definition) is 3. The minimum Gasteiger partial charge on any atom is -0.339 e.